The van der Waals surface area contributed by atoms with Crippen LogP contribution in [0, 0.1) is 0 Å². The molecule has 0 spiro atoms. The second kappa shape index (κ2) is 10.1. The molecule has 1 aliphatic heterocycles. The predicted octanol–water partition coefficient (Wildman–Crippen LogP) is 3.72. The van der Waals surface area contributed by atoms with Gasteiger partial charge < -0.3 is 15.5 Å². The number of hydrogen-bond acceptors (Lipinski definition) is 2. The molecule has 0 atom stereocenters. The Morgan fingerprint density at radius 1 is 1.07 bits per heavy atom. The summed E-state index contributed by atoms with van der Waals surface area (Å²) in [6.45, 7) is 5.50. The fraction of sp³-hybridized carbons (Fsp3) is 0.364. The van der Waals surface area contributed by atoms with E-state index in [1.807, 2.05) is 48.2 Å². The molecule has 1 aliphatic rings. The van der Waals surface area contributed by atoms with Gasteiger partial charge in [-0.05, 0) is 36.1 Å². The third kappa shape index (κ3) is 5.49. The van der Waals surface area contributed by atoms with Gasteiger partial charge in [0.25, 0.3) is 0 Å². The molecule has 6 heteroatoms. The zero-order valence-corrected chi connectivity index (χ0v) is 17.0. The van der Waals surface area contributed by atoms with Gasteiger partial charge >= 0.3 is 0 Å². The van der Waals surface area contributed by atoms with Crippen molar-refractivity contribution in [2.45, 2.75) is 39.4 Å². The zero-order valence-electron chi connectivity index (χ0n) is 16.2. The molecule has 28 heavy (non-hydrogen) atoms. The van der Waals surface area contributed by atoms with Crippen LogP contribution >= 0.6 is 11.6 Å². The van der Waals surface area contributed by atoms with E-state index < -0.39 is 0 Å². The summed E-state index contributed by atoms with van der Waals surface area (Å²) in [7, 11) is 0. The molecule has 2 N–H and O–H groups in total. The minimum absolute atomic E-state index is 0.248. The van der Waals surface area contributed by atoms with E-state index in [-0.39, 0.29) is 5.91 Å². The molecule has 0 aliphatic carbocycles. The molecular weight excluding hydrogens is 372 g/mol. The van der Waals surface area contributed by atoms with Gasteiger partial charge in [0.15, 0.2) is 5.96 Å². The molecule has 3 rings (SSSR count). The van der Waals surface area contributed by atoms with E-state index in [0.717, 1.165) is 36.1 Å². The van der Waals surface area contributed by atoms with E-state index in [9.17, 15) is 4.79 Å². The number of likely N-dealkylation sites (tertiary alicyclic amines) is 1. The Bertz CT molecular complexity index is 837. The monoisotopic (exact) mass is 398 g/mol. The highest BCUT2D eigenvalue weighted by molar-refractivity contribution is 6.31. The summed E-state index contributed by atoms with van der Waals surface area (Å²) in [6.07, 6.45) is 1.62. The number of aliphatic imine (C=N–C) groups is 1. The molecule has 1 saturated heterocycles. The number of carbonyl (C=O) groups is 1. The van der Waals surface area contributed by atoms with E-state index >= 15 is 0 Å². The van der Waals surface area contributed by atoms with Crippen LogP contribution in [0.15, 0.2) is 53.5 Å². The van der Waals surface area contributed by atoms with Gasteiger partial charge in [0.2, 0.25) is 5.91 Å². The summed E-state index contributed by atoms with van der Waals surface area (Å²) in [5, 5.41) is 7.39. The van der Waals surface area contributed by atoms with Crippen LogP contribution < -0.4 is 10.6 Å². The lowest BCUT2D eigenvalue weighted by Gasteiger charge is -2.19. The molecule has 0 aromatic heterocycles. The summed E-state index contributed by atoms with van der Waals surface area (Å²) >= 11 is 6.23. The Hall–Kier alpha value is -2.53. The minimum atomic E-state index is 0.248. The molecule has 1 heterocycles. The quantitative estimate of drug-likeness (QED) is 0.552. The summed E-state index contributed by atoms with van der Waals surface area (Å²) in [6, 6.07) is 16.0. The number of hydrogen-bond donors (Lipinski definition) is 2. The smallest absolute Gasteiger partial charge is 0.222 e. The Kier molecular flexibility index (Phi) is 7.31. The summed E-state index contributed by atoms with van der Waals surface area (Å²) in [5.41, 5.74) is 3.34. The highest BCUT2D eigenvalue weighted by Gasteiger charge is 2.20. The minimum Gasteiger partial charge on any atom is -0.357 e. The lowest BCUT2D eigenvalue weighted by atomic mass is 10.1. The average molecular weight is 399 g/mol. The molecule has 0 unspecified atom stereocenters. The van der Waals surface area contributed by atoms with Gasteiger partial charge in [-0.3, -0.25) is 4.79 Å². The van der Waals surface area contributed by atoms with E-state index in [4.69, 9.17) is 11.6 Å². The highest BCUT2D eigenvalue weighted by atomic mass is 35.5. The van der Waals surface area contributed by atoms with Crippen LogP contribution in [0.4, 0.5) is 0 Å². The maximum Gasteiger partial charge on any atom is 0.222 e. The van der Waals surface area contributed by atoms with Crippen molar-refractivity contribution in [3.63, 3.8) is 0 Å². The van der Waals surface area contributed by atoms with Crippen LogP contribution in [-0.2, 0) is 24.4 Å². The maximum atomic E-state index is 12.0. The average Bonchev–Trinajstić information content (AvgIpc) is 3.11. The molecule has 2 aromatic rings. The number of carbonyl (C=O) groups excluding carboxylic acids is 1. The second-order valence-corrected chi connectivity index (χ2v) is 7.23. The van der Waals surface area contributed by atoms with Crippen molar-refractivity contribution in [3.05, 3.63) is 70.2 Å². The highest BCUT2D eigenvalue weighted by Crippen LogP contribution is 2.18. The predicted molar refractivity (Wildman–Crippen MR) is 114 cm³/mol. The van der Waals surface area contributed by atoms with Gasteiger partial charge in [0.1, 0.15) is 0 Å². The Balaban J connectivity index is 1.66. The first kappa shape index (κ1) is 20.2. The summed E-state index contributed by atoms with van der Waals surface area (Å²) in [4.78, 5) is 18.5. The number of nitrogens with zero attached hydrogens (tertiary/aromatic N) is 2. The lowest BCUT2D eigenvalue weighted by molar-refractivity contribution is -0.128. The van der Waals surface area contributed by atoms with Crippen molar-refractivity contribution < 1.29 is 4.79 Å². The molecule has 0 saturated carbocycles. The summed E-state index contributed by atoms with van der Waals surface area (Å²) < 4.78 is 0. The van der Waals surface area contributed by atoms with Gasteiger partial charge in [0.05, 0.1) is 6.54 Å². The summed E-state index contributed by atoms with van der Waals surface area (Å²) in [5.74, 6) is 0.992. The van der Waals surface area contributed by atoms with Crippen LogP contribution in [0.3, 0.4) is 0 Å². The van der Waals surface area contributed by atoms with Gasteiger partial charge in [-0.1, -0.05) is 54.1 Å². The number of rotatable bonds is 7. The van der Waals surface area contributed by atoms with Crippen molar-refractivity contribution in [2.24, 2.45) is 4.99 Å². The SMILES string of the molecule is CCNC(=NCc1ccccc1Cl)NCc1ccccc1CN1CCCC1=O. The first-order valence-corrected chi connectivity index (χ1v) is 10.2. The van der Waals surface area contributed by atoms with Crippen molar-refractivity contribution in [1.82, 2.24) is 15.5 Å². The van der Waals surface area contributed by atoms with E-state index in [1.165, 1.54) is 11.1 Å². The third-order valence-electron chi connectivity index (χ3n) is 4.81. The fourth-order valence-electron chi connectivity index (χ4n) is 3.27. The number of halogens is 1. The number of amides is 1. The lowest BCUT2D eigenvalue weighted by Crippen LogP contribution is -2.37. The fourth-order valence-corrected chi connectivity index (χ4v) is 3.47. The molecular formula is C22H27ClN4O. The first-order chi connectivity index (χ1) is 13.7. The van der Waals surface area contributed by atoms with Crippen molar-refractivity contribution >= 4 is 23.5 Å². The molecule has 1 fully saturated rings. The Labute approximate surface area is 171 Å². The molecule has 0 bridgehead atoms. The van der Waals surface area contributed by atoms with Gasteiger partial charge in [-0.15, -0.1) is 0 Å². The Morgan fingerprint density at radius 3 is 2.46 bits per heavy atom. The Morgan fingerprint density at radius 2 is 1.79 bits per heavy atom. The zero-order chi connectivity index (χ0) is 19.8. The number of nitrogens with one attached hydrogen (secondary N) is 2. The maximum absolute atomic E-state index is 12.0. The normalized spacial score (nSPS) is 14.4. The van der Waals surface area contributed by atoms with Gasteiger partial charge in [0, 0.05) is 37.6 Å². The van der Waals surface area contributed by atoms with Crippen LogP contribution in [-0.4, -0.2) is 29.9 Å². The van der Waals surface area contributed by atoms with E-state index in [2.05, 4.69) is 27.8 Å². The van der Waals surface area contributed by atoms with Crippen molar-refractivity contribution in [1.29, 1.82) is 0 Å². The van der Waals surface area contributed by atoms with Crippen LogP contribution in [0.5, 0.6) is 0 Å². The van der Waals surface area contributed by atoms with Crippen molar-refractivity contribution in [2.75, 3.05) is 13.1 Å². The molecule has 0 radical (unpaired) electrons. The standard InChI is InChI=1S/C22H27ClN4O/c1-2-24-22(26-15-18-9-5-6-11-20(18)23)25-14-17-8-3-4-10-19(17)16-27-13-7-12-21(27)28/h3-6,8-11H,2,7,12-16H2,1H3,(H2,24,25,26). The molecule has 1 amide bonds. The first-order valence-electron chi connectivity index (χ1n) is 9.77. The molecule has 148 valence electrons. The molecule has 2 aromatic carbocycles. The third-order valence-corrected chi connectivity index (χ3v) is 5.18. The second-order valence-electron chi connectivity index (χ2n) is 6.83. The van der Waals surface area contributed by atoms with Crippen molar-refractivity contribution in [3.8, 4) is 0 Å². The van der Waals surface area contributed by atoms with Gasteiger partial charge in [-0.2, -0.15) is 0 Å². The van der Waals surface area contributed by atoms with E-state index in [0.29, 0.717) is 26.1 Å². The van der Waals surface area contributed by atoms with Crippen LogP contribution in [0.2, 0.25) is 5.02 Å². The van der Waals surface area contributed by atoms with Gasteiger partial charge in [-0.25, -0.2) is 4.99 Å². The van der Waals surface area contributed by atoms with E-state index in [1.54, 1.807) is 0 Å². The van der Waals surface area contributed by atoms with Crippen LogP contribution in [0.1, 0.15) is 36.5 Å². The molecule has 5 nitrogen and oxygen atoms in total. The number of benzene rings is 2. The largest absolute Gasteiger partial charge is 0.357 e. The topological polar surface area (TPSA) is 56.7 Å². The number of guanidine groups is 1. The van der Waals surface area contributed by atoms with Crippen LogP contribution in [0.25, 0.3) is 0 Å².